The summed E-state index contributed by atoms with van der Waals surface area (Å²) in [5.41, 5.74) is -1.38. The van der Waals surface area contributed by atoms with Crippen LogP contribution in [0.3, 0.4) is 0 Å². The molecule has 1 saturated heterocycles. The minimum atomic E-state index is -4.30. The first-order valence-electron chi connectivity index (χ1n) is 13.4. The SMILES string of the molecule is CN(C(=O)COC1CCC(C(F)(F)F)NC1)C12CCC(NC(=O)COC3CCC(Cl)C(F)C3)(CC1)C[C@@H]2O. The van der Waals surface area contributed by atoms with Crippen LogP contribution in [-0.2, 0) is 19.1 Å². The van der Waals surface area contributed by atoms with Crippen LogP contribution < -0.4 is 10.6 Å². The molecule has 3 N–H and O–H groups in total. The molecule has 2 amide bonds. The van der Waals surface area contributed by atoms with E-state index in [1.807, 2.05) is 0 Å². The number of aliphatic hydroxyl groups excluding tert-OH is 1. The van der Waals surface area contributed by atoms with E-state index in [0.717, 1.165) is 0 Å². The lowest BCUT2D eigenvalue weighted by molar-refractivity contribution is -0.171. The third kappa shape index (κ3) is 6.56. The van der Waals surface area contributed by atoms with Crippen LogP contribution in [0.5, 0.6) is 0 Å². The van der Waals surface area contributed by atoms with E-state index in [9.17, 15) is 32.3 Å². The lowest BCUT2D eigenvalue weighted by atomic mass is 9.59. The molecule has 5 aliphatic rings. The largest absolute Gasteiger partial charge is 0.403 e. The molecule has 218 valence electrons. The Balaban J connectivity index is 1.22. The van der Waals surface area contributed by atoms with Gasteiger partial charge in [-0.05, 0) is 57.8 Å². The molecular formula is C25H38ClF4N3O5. The highest BCUT2D eigenvalue weighted by Gasteiger charge is 2.57. The maximum atomic E-state index is 13.8. The standard InChI is InChI=1S/C25H38ClF4N3O5/c1-33(22(36)14-38-16-3-5-19(31-12-16)25(28,29)30)24-8-6-23(7-9-24,11-20(24)34)32-21(35)13-37-15-2-4-17(26)18(27)10-15/h15-20,31,34H,2-14H2,1H3,(H,32,35)/t15?,16?,17?,18?,19?,20-,23?,24?/m0/s1. The van der Waals surface area contributed by atoms with Gasteiger partial charge in [0.25, 0.3) is 0 Å². The lowest BCUT2D eigenvalue weighted by Gasteiger charge is -2.59. The first kappa shape index (κ1) is 29.8. The van der Waals surface area contributed by atoms with Crippen molar-refractivity contribution < 1.29 is 41.7 Å². The van der Waals surface area contributed by atoms with Crippen molar-refractivity contribution in [2.75, 3.05) is 26.8 Å². The fourth-order valence-corrected chi connectivity index (χ4v) is 6.73. The topological polar surface area (TPSA) is 100 Å². The molecule has 8 nitrogen and oxygen atoms in total. The summed E-state index contributed by atoms with van der Waals surface area (Å²) in [6, 6.07) is -1.56. The van der Waals surface area contributed by atoms with Crippen molar-refractivity contribution >= 4 is 23.4 Å². The maximum Gasteiger partial charge on any atom is 0.403 e. The maximum absolute atomic E-state index is 13.8. The Morgan fingerprint density at radius 3 is 2.32 bits per heavy atom. The zero-order valence-electron chi connectivity index (χ0n) is 21.6. The highest BCUT2D eigenvalue weighted by atomic mass is 35.5. The number of rotatable bonds is 8. The Morgan fingerprint density at radius 2 is 1.74 bits per heavy atom. The lowest BCUT2D eigenvalue weighted by Crippen LogP contribution is -2.70. The van der Waals surface area contributed by atoms with Crippen molar-refractivity contribution in [2.45, 2.75) is 117 Å². The molecule has 13 heteroatoms. The first-order valence-corrected chi connectivity index (χ1v) is 13.8. The van der Waals surface area contributed by atoms with Crippen LogP contribution in [0.15, 0.2) is 0 Å². The van der Waals surface area contributed by atoms with Crippen molar-refractivity contribution in [3.63, 3.8) is 0 Å². The minimum Gasteiger partial charge on any atom is -0.391 e. The van der Waals surface area contributed by atoms with Crippen LogP contribution in [0.2, 0.25) is 0 Å². The highest BCUT2D eigenvalue weighted by molar-refractivity contribution is 6.21. The summed E-state index contributed by atoms with van der Waals surface area (Å²) in [4.78, 5) is 27.1. The predicted octanol–water partition coefficient (Wildman–Crippen LogP) is 2.59. The van der Waals surface area contributed by atoms with Crippen LogP contribution >= 0.6 is 11.6 Å². The van der Waals surface area contributed by atoms with E-state index in [0.29, 0.717) is 38.5 Å². The van der Waals surface area contributed by atoms with Gasteiger partial charge in [-0.2, -0.15) is 13.2 Å². The number of nitrogens with one attached hydrogen (secondary N) is 2. The molecule has 0 aromatic rings. The predicted molar refractivity (Wildman–Crippen MR) is 130 cm³/mol. The molecule has 5 unspecified atom stereocenters. The quantitative estimate of drug-likeness (QED) is 0.306. The Bertz CT molecular complexity index is 849. The number of ether oxygens (including phenoxy) is 2. The summed E-state index contributed by atoms with van der Waals surface area (Å²) in [5, 5.41) is 16.0. The molecule has 0 spiro atoms. The number of alkyl halides is 5. The molecule has 4 aliphatic carbocycles. The van der Waals surface area contributed by atoms with Gasteiger partial charge in [-0.15, -0.1) is 11.6 Å². The van der Waals surface area contributed by atoms with Crippen LogP contribution in [0, 0.1) is 0 Å². The summed E-state index contributed by atoms with van der Waals surface area (Å²) >= 11 is 5.90. The van der Waals surface area contributed by atoms with E-state index in [1.54, 1.807) is 7.05 Å². The molecule has 1 heterocycles. The smallest absolute Gasteiger partial charge is 0.391 e. The van der Waals surface area contributed by atoms with Gasteiger partial charge < -0.3 is 30.1 Å². The third-order valence-electron chi connectivity index (χ3n) is 9.03. The summed E-state index contributed by atoms with van der Waals surface area (Å²) < 4.78 is 63.5. The average molecular weight is 572 g/mol. The number of amides is 2. The number of carbonyl (C=O) groups is 2. The number of aliphatic hydroxyl groups is 1. The van der Waals surface area contributed by atoms with Crippen LogP contribution in [0.25, 0.3) is 0 Å². The second-order valence-corrected chi connectivity index (χ2v) is 12.0. The van der Waals surface area contributed by atoms with E-state index in [2.05, 4.69) is 10.6 Å². The van der Waals surface area contributed by atoms with Crippen LogP contribution in [0.1, 0.15) is 64.2 Å². The van der Waals surface area contributed by atoms with Gasteiger partial charge in [-0.1, -0.05) is 0 Å². The molecule has 5 rings (SSSR count). The third-order valence-corrected chi connectivity index (χ3v) is 9.52. The van der Waals surface area contributed by atoms with Gasteiger partial charge in [-0.25, -0.2) is 4.39 Å². The summed E-state index contributed by atoms with van der Waals surface area (Å²) in [5.74, 6) is -0.659. The molecule has 38 heavy (non-hydrogen) atoms. The van der Waals surface area contributed by atoms with Gasteiger partial charge in [0.05, 0.1) is 29.2 Å². The number of fused-ring (bicyclic) bond motifs is 3. The minimum absolute atomic E-state index is 0.0171. The van der Waals surface area contributed by atoms with E-state index in [1.165, 1.54) is 4.90 Å². The Hall–Kier alpha value is -1.21. The summed E-state index contributed by atoms with van der Waals surface area (Å²) in [7, 11) is 1.62. The zero-order chi connectivity index (χ0) is 27.7. The fourth-order valence-electron chi connectivity index (χ4n) is 6.50. The van der Waals surface area contributed by atoms with Crippen molar-refractivity contribution in [3.8, 4) is 0 Å². The Labute approximate surface area is 225 Å². The van der Waals surface area contributed by atoms with Crippen LogP contribution in [-0.4, -0.2) is 102 Å². The molecule has 0 radical (unpaired) electrons. The highest BCUT2D eigenvalue weighted by Crippen LogP contribution is 2.49. The number of halogens is 5. The van der Waals surface area contributed by atoms with Crippen molar-refractivity contribution in [1.82, 2.24) is 15.5 Å². The van der Waals surface area contributed by atoms with Crippen molar-refractivity contribution in [1.29, 1.82) is 0 Å². The van der Waals surface area contributed by atoms with Gasteiger partial charge in [0.15, 0.2) is 0 Å². The van der Waals surface area contributed by atoms with E-state index in [-0.39, 0.29) is 63.4 Å². The number of likely N-dealkylation sites (N-methyl/N-ethyl adjacent to an activating group) is 1. The number of piperidine rings is 1. The Morgan fingerprint density at radius 1 is 1.08 bits per heavy atom. The summed E-state index contributed by atoms with van der Waals surface area (Å²) in [6.45, 7) is -0.454. The number of hydrogen-bond donors (Lipinski definition) is 3. The molecule has 0 aromatic carbocycles. The van der Waals surface area contributed by atoms with Crippen molar-refractivity contribution in [2.24, 2.45) is 0 Å². The normalized spacial score (nSPS) is 39.6. The number of carbonyl (C=O) groups excluding carboxylic acids is 2. The van der Waals surface area contributed by atoms with E-state index < -0.39 is 47.1 Å². The zero-order valence-corrected chi connectivity index (χ0v) is 22.3. The second-order valence-electron chi connectivity index (χ2n) is 11.4. The number of nitrogens with zero attached hydrogens (tertiary/aromatic N) is 1. The van der Waals surface area contributed by atoms with Crippen LogP contribution in [0.4, 0.5) is 17.6 Å². The number of hydrogen-bond acceptors (Lipinski definition) is 6. The summed E-state index contributed by atoms with van der Waals surface area (Å²) in [6.07, 6.45) is -3.39. The molecule has 1 aliphatic heterocycles. The first-order chi connectivity index (χ1) is 17.8. The monoisotopic (exact) mass is 571 g/mol. The molecule has 2 bridgehead atoms. The fraction of sp³-hybridized carbons (Fsp3) is 0.920. The average Bonchev–Trinajstić information content (AvgIpc) is 2.87. The van der Waals surface area contributed by atoms with Gasteiger partial charge in [0.1, 0.15) is 25.4 Å². The molecule has 5 fully saturated rings. The van der Waals surface area contributed by atoms with Crippen molar-refractivity contribution in [3.05, 3.63) is 0 Å². The van der Waals surface area contributed by atoms with Gasteiger partial charge in [0.2, 0.25) is 11.8 Å². The molecule has 6 atom stereocenters. The van der Waals surface area contributed by atoms with E-state index >= 15 is 0 Å². The van der Waals surface area contributed by atoms with Gasteiger partial charge in [0, 0.05) is 25.6 Å². The second kappa shape index (κ2) is 11.7. The molecule has 4 saturated carbocycles. The van der Waals surface area contributed by atoms with Gasteiger partial charge in [-0.3, -0.25) is 9.59 Å². The molecular weight excluding hydrogens is 534 g/mol. The van der Waals surface area contributed by atoms with Gasteiger partial charge >= 0.3 is 6.18 Å². The molecule has 0 aromatic heterocycles. The Kier molecular flexibility index (Phi) is 9.18. The van der Waals surface area contributed by atoms with E-state index in [4.69, 9.17) is 21.1 Å².